The third kappa shape index (κ3) is 8.49. The van der Waals surface area contributed by atoms with E-state index in [9.17, 15) is 0 Å². The summed E-state index contributed by atoms with van der Waals surface area (Å²) in [5, 5.41) is 12.4. The number of aliphatic hydroxyl groups excluding tert-OH is 1. The molecule has 0 amide bonds. The maximum atomic E-state index is 9.02. The first-order chi connectivity index (χ1) is 11.3. The Labute approximate surface area is 142 Å². The molecule has 0 unspecified atom stereocenters. The van der Waals surface area contributed by atoms with Gasteiger partial charge in [0.15, 0.2) is 0 Å². The lowest BCUT2D eigenvalue weighted by Gasteiger charge is -2.22. The minimum absolute atomic E-state index is 0.178. The first-order valence-electron chi connectivity index (χ1n) is 7.31. The molecule has 0 aliphatic rings. The number of aliphatic hydroxyl groups is 1. The van der Waals surface area contributed by atoms with Gasteiger partial charge in [0.1, 0.15) is 0 Å². The van der Waals surface area contributed by atoms with E-state index in [1.54, 1.807) is 0 Å². The minimum atomic E-state index is -4.67. The van der Waals surface area contributed by atoms with Crippen LogP contribution in [0.1, 0.15) is 6.92 Å². The topological polar surface area (TPSA) is 110 Å². The largest absolute Gasteiger partial charge is 0.395 e. The normalized spacial score (nSPS) is 10.5. The Morgan fingerprint density at radius 1 is 0.958 bits per heavy atom. The van der Waals surface area contributed by atoms with Crippen molar-refractivity contribution in [2.24, 2.45) is 0 Å². The number of benzene rings is 2. The Hall–Kier alpha value is -2.13. The van der Waals surface area contributed by atoms with Gasteiger partial charge in [-0.15, -0.1) is 0 Å². The molecule has 0 aromatic heterocycles. The predicted molar refractivity (Wildman–Crippen MR) is 95.3 cm³/mol. The van der Waals surface area contributed by atoms with Crippen LogP contribution in [0, 0.1) is 0 Å². The molecule has 2 aromatic carbocycles. The summed E-state index contributed by atoms with van der Waals surface area (Å²) in [6, 6.07) is 18.4. The number of hydrogen-bond donors (Lipinski definition) is 4. The van der Waals surface area contributed by atoms with E-state index >= 15 is 0 Å². The van der Waals surface area contributed by atoms with Crippen LogP contribution in [0.2, 0.25) is 0 Å². The molecule has 132 valence electrons. The Morgan fingerprint density at radius 3 is 1.92 bits per heavy atom. The van der Waals surface area contributed by atoms with Gasteiger partial charge in [0.05, 0.1) is 6.61 Å². The average molecular weight is 354 g/mol. The molecule has 7 nitrogen and oxygen atoms in total. The van der Waals surface area contributed by atoms with Gasteiger partial charge in [-0.3, -0.25) is 9.11 Å². The molecule has 0 saturated heterocycles. The molecule has 0 aliphatic carbocycles. The van der Waals surface area contributed by atoms with E-state index in [0.717, 1.165) is 23.6 Å². The van der Waals surface area contributed by atoms with Gasteiger partial charge in [-0.2, -0.15) is 8.42 Å². The lowest BCUT2D eigenvalue weighted by molar-refractivity contribution is 0.302. The lowest BCUT2D eigenvalue weighted by atomic mass is 10.2. The SMILES string of the molecule is CCN(CCO)c1ccc(Nc2ccccc2)cc1.O=S(=O)(O)O. The van der Waals surface area contributed by atoms with Gasteiger partial charge in [-0.05, 0) is 43.3 Å². The molecule has 0 spiro atoms. The van der Waals surface area contributed by atoms with Crippen LogP contribution in [0.25, 0.3) is 0 Å². The second-order valence-corrected chi connectivity index (χ2v) is 5.68. The van der Waals surface area contributed by atoms with E-state index in [2.05, 4.69) is 41.4 Å². The van der Waals surface area contributed by atoms with Crippen molar-refractivity contribution in [3.63, 3.8) is 0 Å². The molecule has 0 bridgehead atoms. The lowest BCUT2D eigenvalue weighted by Crippen LogP contribution is -2.25. The number of hydrogen-bond acceptors (Lipinski definition) is 5. The summed E-state index contributed by atoms with van der Waals surface area (Å²) in [4.78, 5) is 2.15. The van der Waals surface area contributed by atoms with Crippen LogP contribution < -0.4 is 10.2 Å². The maximum absolute atomic E-state index is 9.02. The van der Waals surface area contributed by atoms with Crippen molar-refractivity contribution in [3.8, 4) is 0 Å². The second-order valence-electron chi connectivity index (χ2n) is 4.79. The zero-order valence-electron chi connectivity index (χ0n) is 13.3. The molecule has 0 atom stereocenters. The van der Waals surface area contributed by atoms with Crippen molar-refractivity contribution >= 4 is 27.5 Å². The molecule has 0 aliphatic heterocycles. The fourth-order valence-corrected chi connectivity index (χ4v) is 2.03. The average Bonchev–Trinajstić information content (AvgIpc) is 2.53. The van der Waals surface area contributed by atoms with Gasteiger partial charge in [0, 0.05) is 30.2 Å². The molecule has 2 rings (SSSR count). The highest BCUT2D eigenvalue weighted by molar-refractivity contribution is 7.79. The number of anilines is 3. The predicted octanol–water partition coefficient (Wildman–Crippen LogP) is 2.60. The summed E-state index contributed by atoms with van der Waals surface area (Å²) < 4.78 is 31.6. The first-order valence-corrected chi connectivity index (χ1v) is 8.71. The Bertz CT molecular complexity index is 682. The van der Waals surface area contributed by atoms with Crippen LogP contribution >= 0.6 is 0 Å². The number of nitrogens with one attached hydrogen (secondary N) is 1. The van der Waals surface area contributed by atoms with Crippen LogP contribution in [-0.2, 0) is 10.4 Å². The maximum Gasteiger partial charge on any atom is 0.394 e. The third-order valence-electron chi connectivity index (χ3n) is 3.05. The van der Waals surface area contributed by atoms with Gasteiger partial charge in [-0.25, -0.2) is 0 Å². The summed E-state index contributed by atoms with van der Waals surface area (Å²) in [6.45, 7) is 3.83. The molecule has 2 aromatic rings. The molecular weight excluding hydrogens is 332 g/mol. The Kier molecular flexibility index (Phi) is 8.20. The van der Waals surface area contributed by atoms with Crippen molar-refractivity contribution in [2.75, 3.05) is 29.9 Å². The summed E-state index contributed by atoms with van der Waals surface area (Å²) in [7, 11) is -4.67. The number of rotatable bonds is 6. The first kappa shape index (κ1) is 19.9. The minimum Gasteiger partial charge on any atom is -0.395 e. The van der Waals surface area contributed by atoms with Crippen molar-refractivity contribution in [2.45, 2.75) is 6.92 Å². The molecular formula is C16H22N2O5S. The highest BCUT2D eigenvalue weighted by atomic mass is 32.3. The summed E-state index contributed by atoms with van der Waals surface area (Å²) in [6.07, 6.45) is 0. The number of likely N-dealkylation sites (N-methyl/N-ethyl adjacent to an activating group) is 1. The Morgan fingerprint density at radius 2 is 1.46 bits per heavy atom. The molecule has 0 fully saturated rings. The van der Waals surface area contributed by atoms with Gasteiger partial charge in [0.2, 0.25) is 0 Å². The second kappa shape index (κ2) is 9.89. The van der Waals surface area contributed by atoms with Gasteiger partial charge >= 0.3 is 10.4 Å². The van der Waals surface area contributed by atoms with E-state index in [4.69, 9.17) is 22.6 Å². The highest BCUT2D eigenvalue weighted by Gasteiger charge is 2.03. The van der Waals surface area contributed by atoms with Gasteiger partial charge in [0.25, 0.3) is 0 Å². The molecule has 0 heterocycles. The van der Waals surface area contributed by atoms with Crippen LogP contribution in [-0.4, -0.2) is 42.3 Å². The van der Waals surface area contributed by atoms with E-state index < -0.39 is 10.4 Å². The highest BCUT2D eigenvalue weighted by Crippen LogP contribution is 2.20. The van der Waals surface area contributed by atoms with Crippen molar-refractivity contribution in [3.05, 3.63) is 54.6 Å². The molecule has 8 heteroatoms. The van der Waals surface area contributed by atoms with Gasteiger partial charge in [-0.1, -0.05) is 18.2 Å². The van der Waals surface area contributed by atoms with E-state index in [0.29, 0.717) is 6.54 Å². The monoisotopic (exact) mass is 354 g/mol. The Balaban J connectivity index is 0.000000505. The molecule has 24 heavy (non-hydrogen) atoms. The van der Waals surface area contributed by atoms with E-state index in [-0.39, 0.29) is 6.61 Å². The van der Waals surface area contributed by atoms with Crippen molar-refractivity contribution < 1.29 is 22.6 Å². The van der Waals surface area contributed by atoms with E-state index in [1.165, 1.54) is 0 Å². The molecule has 4 N–H and O–H groups in total. The fourth-order valence-electron chi connectivity index (χ4n) is 2.03. The van der Waals surface area contributed by atoms with Crippen LogP contribution in [0.3, 0.4) is 0 Å². The quantitative estimate of drug-likeness (QED) is 0.590. The zero-order chi connectivity index (χ0) is 18.0. The van der Waals surface area contributed by atoms with E-state index in [1.807, 2.05) is 30.3 Å². The molecule has 0 saturated carbocycles. The standard InChI is InChI=1S/C16H20N2O.H2O4S/c1-2-18(12-13-19)16-10-8-15(9-11-16)17-14-6-4-3-5-7-14;1-5(2,3)4/h3-11,17,19H,2,12-13H2,1H3;(H2,1,2,3,4). The number of nitrogens with zero attached hydrogens (tertiary/aromatic N) is 1. The summed E-state index contributed by atoms with van der Waals surface area (Å²) in [5.74, 6) is 0. The summed E-state index contributed by atoms with van der Waals surface area (Å²) >= 11 is 0. The third-order valence-corrected chi connectivity index (χ3v) is 3.05. The van der Waals surface area contributed by atoms with Crippen molar-refractivity contribution in [1.82, 2.24) is 0 Å². The number of para-hydroxylation sites is 1. The zero-order valence-corrected chi connectivity index (χ0v) is 14.1. The van der Waals surface area contributed by atoms with Gasteiger partial charge < -0.3 is 15.3 Å². The van der Waals surface area contributed by atoms with Crippen LogP contribution in [0.5, 0.6) is 0 Å². The van der Waals surface area contributed by atoms with Crippen LogP contribution in [0.4, 0.5) is 17.1 Å². The summed E-state index contributed by atoms with van der Waals surface area (Å²) in [5.41, 5.74) is 3.28. The molecule has 0 radical (unpaired) electrons. The van der Waals surface area contributed by atoms with Crippen molar-refractivity contribution in [1.29, 1.82) is 0 Å². The fraction of sp³-hybridized carbons (Fsp3) is 0.250. The van der Waals surface area contributed by atoms with Crippen LogP contribution in [0.15, 0.2) is 54.6 Å². The smallest absolute Gasteiger partial charge is 0.394 e.